The molecule has 0 bridgehead atoms. The van der Waals surface area contributed by atoms with Crippen LogP contribution >= 0.6 is 23.3 Å². The predicted octanol–water partition coefficient (Wildman–Crippen LogP) is 2.89. The third-order valence-corrected chi connectivity index (χ3v) is 5.14. The van der Waals surface area contributed by atoms with E-state index in [9.17, 15) is 4.79 Å². The van der Waals surface area contributed by atoms with E-state index in [0.717, 1.165) is 42.1 Å². The molecular formula is C15H17N3O3S2. The van der Waals surface area contributed by atoms with Gasteiger partial charge in [-0.1, -0.05) is 0 Å². The summed E-state index contributed by atoms with van der Waals surface area (Å²) < 4.78 is 13.3. The van der Waals surface area contributed by atoms with Crippen LogP contribution in [-0.4, -0.2) is 44.4 Å². The first kappa shape index (κ1) is 16.1. The summed E-state index contributed by atoms with van der Waals surface area (Å²) in [6.45, 7) is 3.29. The summed E-state index contributed by atoms with van der Waals surface area (Å²) in [6, 6.07) is 7.15. The van der Waals surface area contributed by atoms with E-state index in [1.54, 1.807) is 23.5 Å². The second kappa shape index (κ2) is 7.67. The number of nitrogens with zero attached hydrogens (tertiary/aromatic N) is 2. The third-order valence-electron chi connectivity index (χ3n) is 3.33. The van der Waals surface area contributed by atoms with Gasteiger partial charge in [0.05, 0.1) is 25.9 Å². The van der Waals surface area contributed by atoms with Crippen LogP contribution in [0.5, 0.6) is 0 Å². The van der Waals surface area contributed by atoms with Crippen molar-refractivity contribution in [3.63, 3.8) is 0 Å². The number of morpholine rings is 1. The van der Waals surface area contributed by atoms with E-state index in [-0.39, 0.29) is 5.97 Å². The number of carbonyl (C=O) groups is 1. The van der Waals surface area contributed by atoms with Crippen LogP contribution in [0.3, 0.4) is 0 Å². The molecule has 3 rings (SSSR count). The average Bonchev–Trinajstić information content (AvgIpc) is 3.09. The highest BCUT2D eigenvalue weighted by molar-refractivity contribution is 8.00. The lowest BCUT2D eigenvalue weighted by Crippen LogP contribution is -2.36. The standard InChI is InChI=1S/C15H17N3O3S2/c1-20-14(19)11-2-4-12(5-3-11)17-23-13-10-22-15(16-13)18-6-8-21-9-7-18/h2-5,10,17H,6-9H2,1H3. The van der Waals surface area contributed by atoms with Crippen molar-refractivity contribution < 1.29 is 14.3 Å². The Kier molecular flexibility index (Phi) is 5.37. The van der Waals surface area contributed by atoms with Crippen LogP contribution in [0.2, 0.25) is 0 Å². The van der Waals surface area contributed by atoms with Crippen LogP contribution in [-0.2, 0) is 9.47 Å². The average molecular weight is 351 g/mol. The van der Waals surface area contributed by atoms with Gasteiger partial charge in [0.1, 0.15) is 5.03 Å². The number of carbonyl (C=O) groups excluding carboxylic acids is 1. The lowest BCUT2D eigenvalue weighted by Gasteiger charge is -2.25. The molecule has 1 aliphatic rings. The van der Waals surface area contributed by atoms with Crippen molar-refractivity contribution in [1.29, 1.82) is 0 Å². The fraction of sp³-hybridized carbons (Fsp3) is 0.333. The third kappa shape index (κ3) is 4.15. The Morgan fingerprint density at radius 3 is 2.78 bits per heavy atom. The summed E-state index contributed by atoms with van der Waals surface area (Å²) in [4.78, 5) is 18.2. The maximum Gasteiger partial charge on any atom is 0.337 e. The van der Waals surface area contributed by atoms with Gasteiger partial charge in [-0.2, -0.15) is 0 Å². The van der Waals surface area contributed by atoms with Gasteiger partial charge < -0.3 is 19.1 Å². The van der Waals surface area contributed by atoms with E-state index in [1.165, 1.54) is 19.1 Å². The maximum absolute atomic E-state index is 11.4. The molecule has 1 aliphatic heterocycles. The van der Waals surface area contributed by atoms with Gasteiger partial charge in [-0.15, -0.1) is 11.3 Å². The summed E-state index contributed by atoms with van der Waals surface area (Å²) in [5.41, 5.74) is 1.44. The Labute approximate surface area is 142 Å². The number of methoxy groups -OCH3 is 1. The van der Waals surface area contributed by atoms with Crippen LogP contribution in [0.25, 0.3) is 0 Å². The number of rotatable bonds is 5. The number of thiazole rings is 1. The molecule has 1 aromatic carbocycles. The SMILES string of the molecule is COC(=O)c1ccc(NSc2csc(N3CCOCC3)n2)cc1. The van der Waals surface area contributed by atoms with Gasteiger partial charge in [0.25, 0.3) is 0 Å². The zero-order valence-corrected chi connectivity index (χ0v) is 14.3. The van der Waals surface area contributed by atoms with Gasteiger partial charge in [0.15, 0.2) is 5.13 Å². The van der Waals surface area contributed by atoms with Crippen LogP contribution in [0.1, 0.15) is 10.4 Å². The molecule has 0 saturated carbocycles. The number of anilines is 2. The Hall–Kier alpha value is -1.77. The van der Waals surface area contributed by atoms with Crippen LogP contribution in [0.4, 0.5) is 10.8 Å². The van der Waals surface area contributed by atoms with Crippen molar-refractivity contribution in [2.45, 2.75) is 5.03 Å². The second-order valence-electron chi connectivity index (χ2n) is 4.84. The number of benzene rings is 1. The molecule has 1 fully saturated rings. The van der Waals surface area contributed by atoms with Crippen molar-refractivity contribution in [3.8, 4) is 0 Å². The molecule has 8 heteroatoms. The van der Waals surface area contributed by atoms with E-state index in [2.05, 4.69) is 19.3 Å². The minimum Gasteiger partial charge on any atom is -0.465 e. The first-order valence-electron chi connectivity index (χ1n) is 7.16. The Morgan fingerprint density at radius 1 is 1.35 bits per heavy atom. The van der Waals surface area contributed by atoms with Crippen molar-refractivity contribution >= 4 is 40.1 Å². The molecule has 6 nitrogen and oxygen atoms in total. The molecule has 2 aromatic rings. The van der Waals surface area contributed by atoms with Crippen LogP contribution in [0, 0.1) is 0 Å². The molecule has 0 aliphatic carbocycles. The van der Waals surface area contributed by atoms with Gasteiger partial charge in [0.2, 0.25) is 0 Å². The number of aromatic nitrogens is 1. The monoisotopic (exact) mass is 351 g/mol. The summed E-state index contributed by atoms with van der Waals surface area (Å²) in [6.07, 6.45) is 0. The molecule has 0 spiro atoms. The molecule has 23 heavy (non-hydrogen) atoms. The Morgan fingerprint density at radius 2 is 2.09 bits per heavy atom. The number of esters is 1. The molecule has 122 valence electrons. The quantitative estimate of drug-likeness (QED) is 0.656. The molecule has 0 amide bonds. The topological polar surface area (TPSA) is 63.7 Å². The van der Waals surface area contributed by atoms with E-state index in [0.29, 0.717) is 5.56 Å². The summed E-state index contributed by atoms with van der Waals surface area (Å²) in [5, 5.41) is 3.98. The first-order valence-corrected chi connectivity index (χ1v) is 8.85. The molecule has 0 atom stereocenters. The summed E-state index contributed by atoms with van der Waals surface area (Å²) >= 11 is 3.09. The van der Waals surface area contributed by atoms with Crippen molar-refractivity contribution in [2.24, 2.45) is 0 Å². The highest BCUT2D eigenvalue weighted by atomic mass is 32.2. The Balaban J connectivity index is 1.56. The number of nitrogens with one attached hydrogen (secondary N) is 1. The van der Waals surface area contributed by atoms with Gasteiger partial charge in [0, 0.05) is 36.1 Å². The van der Waals surface area contributed by atoms with Crippen molar-refractivity contribution in [3.05, 3.63) is 35.2 Å². The second-order valence-corrected chi connectivity index (χ2v) is 6.50. The lowest BCUT2D eigenvalue weighted by molar-refractivity contribution is 0.0601. The number of ether oxygens (including phenoxy) is 2. The number of hydrogen-bond acceptors (Lipinski definition) is 8. The first-order chi connectivity index (χ1) is 11.3. The molecule has 1 aromatic heterocycles. The maximum atomic E-state index is 11.4. The normalized spacial score (nSPS) is 14.6. The molecule has 2 heterocycles. The van der Waals surface area contributed by atoms with E-state index in [1.807, 2.05) is 17.5 Å². The highest BCUT2D eigenvalue weighted by Crippen LogP contribution is 2.28. The van der Waals surface area contributed by atoms with Gasteiger partial charge in [-0.3, -0.25) is 0 Å². The zero-order chi connectivity index (χ0) is 16.1. The smallest absolute Gasteiger partial charge is 0.337 e. The number of hydrogen-bond donors (Lipinski definition) is 1. The minimum absolute atomic E-state index is 0.334. The van der Waals surface area contributed by atoms with Crippen molar-refractivity contribution in [1.82, 2.24) is 4.98 Å². The molecule has 0 radical (unpaired) electrons. The van der Waals surface area contributed by atoms with E-state index in [4.69, 9.17) is 4.74 Å². The van der Waals surface area contributed by atoms with Gasteiger partial charge >= 0.3 is 5.97 Å². The Bertz CT molecular complexity index is 654. The fourth-order valence-corrected chi connectivity index (χ4v) is 3.73. The zero-order valence-electron chi connectivity index (χ0n) is 12.7. The van der Waals surface area contributed by atoms with Crippen LogP contribution < -0.4 is 9.62 Å². The van der Waals surface area contributed by atoms with Crippen molar-refractivity contribution in [2.75, 3.05) is 43.0 Å². The molecule has 1 saturated heterocycles. The molecular weight excluding hydrogens is 334 g/mol. The lowest BCUT2D eigenvalue weighted by atomic mass is 10.2. The van der Waals surface area contributed by atoms with Gasteiger partial charge in [-0.25, -0.2) is 9.78 Å². The largest absolute Gasteiger partial charge is 0.465 e. The van der Waals surface area contributed by atoms with Crippen LogP contribution in [0.15, 0.2) is 34.7 Å². The summed E-state index contributed by atoms with van der Waals surface area (Å²) in [5.74, 6) is -0.334. The fourth-order valence-electron chi connectivity index (χ4n) is 2.10. The molecule has 0 unspecified atom stereocenters. The van der Waals surface area contributed by atoms with E-state index < -0.39 is 0 Å². The van der Waals surface area contributed by atoms with Gasteiger partial charge in [-0.05, 0) is 24.3 Å². The summed E-state index contributed by atoms with van der Waals surface area (Å²) in [7, 11) is 1.37. The van der Waals surface area contributed by atoms with E-state index >= 15 is 0 Å². The highest BCUT2D eigenvalue weighted by Gasteiger charge is 2.14. The predicted molar refractivity (Wildman–Crippen MR) is 92.4 cm³/mol. The molecule has 1 N–H and O–H groups in total. The minimum atomic E-state index is -0.334.